The van der Waals surface area contributed by atoms with Crippen molar-refractivity contribution in [1.82, 2.24) is 14.7 Å². The molecule has 1 N–H and O–H groups in total. The van der Waals surface area contributed by atoms with E-state index in [0.29, 0.717) is 31.3 Å². The Morgan fingerprint density at radius 2 is 2.00 bits per heavy atom. The first-order valence-corrected chi connectivity index (χ1v) is 15.2. The normalized spacial score (nSPS) is 11.6. The molecule has 224 valence electrons. The number of hydrogen-bond acceptors (Lipinski definition) is 9. The maximum Gasteiger partial charge on any atom is 0.210 e. The Bertz CT molecular complexity index is 1630. The molecule has 43 heavy (non-hydrogen) atoms. The first-order valence-electron chi connectivity index (χ1n) is 14.4. The van der Waals surface area contributed by atoms with Crippen molar-refractivity contribution in [2.45, 2.75) is 71.9 Å². The van der Waals surface area contributed by atoms with Gasteiger partial charge < -0.3 is 13.8 Å². The van der Waals surface area contributed by atoms with Crippen LogP contribution in [0.4, 0.5) is 11.6 Å². The van der Waals surface area contributed by atoms with Crippen LogP contribution in [0.3, 0.4) is 0 Å². The molecular formula is C33H38N6O3S. The molecule has 0 radical (unpaired) electrons. The third-order valence-electron chi connectivity index (χ3n) is 6.89. The minimum atomic E-state index is 0.231. The summed E-state index contributed by atoms with van der Waals surface area (Å²) in [5.41, 5.74) is 5.68. The number of nitriles is 1. The lowest BCUT2D eigenvalue weighted by molar-refractivity contribution is 0.134. The van der Waals surface area contributed by atoms with Gasteiger partial charge in [-0.2, -0.15) is 9.73 Å². The Labute approximate surface area is 257 Å². The zero-order valence-corrected chi connectivity index (χ0v) is 26.2. The SMILES string of the molecule is C/C=C\c1nc(CCC)n(Cc2ccc(-c3ccccc3SN(O)c3noc(C)c3C)c(COCC)c2)c1/N=C/CC#N. The summed E-state index contributed by atoms with van der Waals surface area (Å²) in [6.45, 7) is 11.4. The second-order valence-corrected chi connectivity index (χ2v) is 10.9. The number of rotatable bonds is 14. The van der Waals surface area contributed by atoms with Gasteiger partial charge in [0.15, 0.2) is 5.82 Å². The molecule has 0 aliphatic rings. The molecule has 0 bridgehead atoms. The molecule has 10 heteroatoms. The van der Waals surface area contributed by atoms with Crippen LogP contribution >= 0.6 is 11.9 Å². The highest BCUT2D eigenvalue weighted by Gasteiger charge is 2.20. The van der Waals surface area contributed by atoms with Gasteiger partial charge in [0.2, 0.25) is 5.82 Å². The smallest absolute Gasteiger partial charge is 0.210 e. The topological polar surface area (TPSA) is 113 Å². The number of allylic oxidation sites excluding steroid dienone is 1. The van der Waals surface area contributed by atoms with Gasteiger partial charge in [-0.3, -0.25) is 5.21 Å². The van der Waals surface area contributed by atoms with Crippen LogP contribution < -0.4 is 4.47 Å². The van der Waals surface area contributed by atoms with E-state index in [4.69, 9.17) is 19.5 Å². The van der Waals surface area contributed by atoms with Gasteiger partial charge in [0, 0.05) is 41.6 Å². The van der Waals surface area contributed by atoms with Gasteiger partial charge in [-0.05, 0) is 68.5 Å². The summed E-state index contributed by atoms with van der Waals surface area (Å²) in [5, 5.41) is 23.9. The summed E-state index contributed by atoms with van der Waals surface area (Å²) in [6, 6.07) is 16.5. The number of aryl methyl sites for hydroxylation is 2. The first-order chi connectivity index (χ1) is 20.9. The third kappa shape index (κ3) is 7.62. The molecule has 0 amide bonds. The molecular weight excluding hydrogens is 560 g/mol. The van der Waals surface area contributed by atoms with Crippen LogP contribution in [-0.2, 0) is 24.3 Å². The van der Waals surface area contributed by atoms with Crippen LogP contribution in [0.15, 0.2) is 63.0 Å². The van der Waals surface area contributed by atoms with Crippen molar-refractivity contribution < 1.29 is 14.5 Å². The van der Waals surface area contributed by atoms with Crippen molar-refractivity contribution in [3.8, 4) is 17.2 Å². The van der Waals surface area contributed by atoms with Gasteiger partial charge in [0.25, 0.3) is 0 Å². The molecule has 0 spiro atoms. The highest BCUT2D eigenvalue weighted by Crippen LogP contribution is 2.38. The number of nitrogens with zero attached hydrogens (tertiary/aromatic N) is 6. The average Bonchev–Trinajstić information content (AvgIpc) is 3.51. The molecule has 0 aliphatic carbocycles. The Morgan fingerprint density at radius 3 is 2.70 bits per heavy atom. The first kappa shape index (κ1) is 31.8. The molecule has 2 aromatic carbocycles. The molecule has 0 saturated heterocycles. The lowest BCUT2D eigenvalue weighted by atomic mass is 9.97. The number of anilines is 1. The van der Waals surface area contributed by atoms with Crippen LogP contribution in [0.5, 0.6) is 0 Å². The fourth-order valence-corrected chi connectivity index (χ4v) is 5.54. The highest BCUT2D eigenvalue weighted by molar-refractivity contribution is 8.00. The minimum Gasteiger partial charge on any atom is -0.377 e. The van der Waals surface area contributed by atoms with Crippen molar-refractivity contribution >= 4 is 35.9 Å². The van der Waals surface area contributed by atoms with Gasteiger partial charge in [-0.1, -0.05) is 54.6 Å². The Hall–Kier alpha value is -4.17. The second-order valence-electron chi connectivity index (χ2n) is 9.92. The fourth-order valence-electron chi connectivity index (χ4n) is 4.68. The van der Waals surface area contributed by atoms with E-state index in [1.165, 1.54) is 11.9 Å². The fraction of sp³-hybridized carbons (Fsp3) is 0.333. The average molecular weight is 599 g/mol. The van der Waals surface area contributed by atoms with Crippen molar-refractivity contribution in [3.05, 3.63) is 82.5 Å². The van der Waals surface area contributed by atoms with Gasteiger partial charge in [-0.15, -0.1) is 0 Å². The summed E-state index contributed by atoms with van der Waals surface area (Å²) in [5.74, 6) is 2.74. The molecule has 0 saturated carbocycles. The molecule has 2 heterocycles. The summed E-state index contributed by atoms with van der Waals surface area (Å²) in [4.78, 5) is 10.4. The molecule has 0 aliphatic heterocycles. The summed E-state index contributed by atoms with van der Waals surface area (Å²) < 4.78 is 14.4. The van der Waals surface area contributed by atoms with E-state index in [9.17, 15) is 5.21 Å². The minimum absolute atomic E-state index is 0.231. The van der Waals surface area contributed by atoms with Crippen LogP contribution in [0.25, 0.3) is 17.2 Å². The number of aromatic nitrogens is 3. The van der Waals surface area contributed by atoms with Crippen molar-refractivity contribution in [2.24, 2.45) is 4.99 Å². The second kappa shape index (κ2) is 15.3. The van der Waals surface area contributed by atoms with Crippen molar-refractivity contribution in [2.75, 3.05) is 11.1 Å². The summed E-state index contributed by atoms with van der Waals surface area (Å²) in [7, 11) is 0. The van der Waals surface area contributed by atoms with E-state index in [2.05, 4.69) is 45.9 Å². The molecule has 0 unspecified atom stereocenters. The van der Waals surface area contributed by atoms with E-state index >= 15 is 0 Å². The van der Waals surface area contributed by atoms with Gasteiger partial charge in [0.05, 0.1) is 25.6 Å². The molecule has 4 aromatic rings. The van der Waals surface area contributed by atoms with Crippen LogP contribution in [0, 0.1) is 25.2 Å². The molecule has 4 rings (SSSR count). The molecule has 0 fully saturated rings. The lowest BCUT2D eigenvalue weighted by Crippen LogP contribution is -2.09. The predicted octanol–water partition coefficient (Wildman–Crippen LogP) is 8.24. The van der Waals surface area contributed by atoms with Crippen molar-refractivity contribution in [1.29, 1.82) is 5.26 Å². The highest BCUT2D eigenvalue weighted by atomic mass is 32.2. The van der Waals surface area contributed by atoms with E-state index < -0.39 is 0 Å². The lowest BCUT2D eigenvalue weighted by Gasteiger charge is -2.18. The van der Waals surface area contributed by atoms with E-state index in [0.717, 1.165) is 67.4 Å². The van der Waals surface area contributed by atoms with Crippen LogP contribution in [0.1, 0.15) is 67.6 Å². The maximum absolute atomic E-state index is 10.9. The zero-order valence-electron chi connectivity index (χ0n) is 25.4. The monoisotopic (exact) mass is 598 g/mol. The number of benzene rings is 2. The number of imidazole rings is 1. The Morgan fingerprint density at radius 1 is 1.19 bits per heavy atom. The zero-order chi connectivity index (χ0) is 30.8. The van der Waals surface area contributed by atoms with E-state index in [-0.39, 0.29) is 6.42 Å². The Kier molecular flexibility index (Phi) is 11.3. The van der Waals surface area contributed by atoms with Crippen LogP contribution in [0.2, 0.25) is 0 Å². The molecule has 9 nitrogen and oxygen atoms in total. The third-order valence-corrected chi connectivity index (χ3v) is 7.79. The quantitative estimate of drug-likeness (QED) is 0.0877. The predicted molar refractivity (Wildman–Crippen MR) is 172 cm³/mol. The Balaban J connectivity index is 1.74. The summed E-state index contributed by atoms with van der Waals surface area (Å²) in [6.07, 6.45) is 7.55. The largest absolute Gasteiger partial charge is 0.377 e. The molecule has 2 aromatic heterocycles. The molecule has 0 atom stereocenters. The van der Waals surface area contributed by atoms with E-state index in [1.807, 2.05) is 64.1 Å². The maximum atomic E-state index is 10.9. The van der Waals surface area contributed by atoms with Gasteiger partial charge in [-0.25, -0.2) is 9.98 Å². The van der Waals surface area contributed by atoms with Gasteiger partial charge in [0.1, 0.15) is 17.3 Å². The number of hydrogen-bond donors (Lipinski definition) is 1. The van der Waals surface area contributed by atoms with Crippen LogP contribution in [-0.4, -0.2) is 32.7 Å². The van der Waals surface area contributed by atoms with Gasteiger partial charge >= 0.3 is 0 Å². The van der Waals surface area contributed by atoms with Crippen molar-refractivity contribution in [3.63, 3.8) is 0 Å². The summed E-state index contributed by atoms with van der Waals surface area (Å²) >= 11 is 1.18. The standard InChI is InChI=1S/C33H38N6O3S/c1-6-12-29-33(35-19-11-18-34)38(31(36-29)13-7-2)21-25-16-17-27(26(20-25)22-41-8-3)28-14-9-10-15-30(28)43-39(40)32-23(4)24(5)42-37-32/h6,9-10,12,14-17,19-20,40H,7-8,11,13,21-22H2,1-5H3/b12-6-,35-19+. The number of aliphatic imine (C=N–C) groups is 1. The number of ether oxygens (including phenoxy) is 1. The van der Waals surface area contributed by atoms with E-state index in [1.54, 1.807) is 6.21 Å².